The highest BCUT2D eigenvalue weighted by Crippen LogP contribution is 2.21. The van der Waals surface area contributed by atoms with Gasteiger partial charge in [-0.05, 0) is 37.2 Å². The number of hydrogen-bond acceptors (Lipinski definition) is 4. The molecule has 2 aromatic rings. The van der Waals surface area contributed by atoms with Crippen molar-refractivity contribution in [1.82, 2.24) is 14.5 Å². The summed E-state index contributed by atoms with van der Waals surface area (Å²) in [7, 11) is 0. The average molecular weight is 370 g/mol. The summed E-state index contributed by atoms with van der Waals surface area (Å²) in [5.41, 5.74) is 0.941. The van der Waals surface area contributed by atoms with E-state index in [2.05, 4.69) is 10.3 Å². The van der Waals surface area contributed by atoms with Crippen LogP contribution in [0.1, 0.15) is 31.2 Å². The van der Waals surface area contributed by atoms with Crippen molar-refractivity contribution in [3.63, 3.8) is 0 Å². The highest BCUT2D eigenvalue weighted by Gasteiger charge is 2.17. The van der Waals surface area contributed by atoms with Gasteiger partial charge in [0.15, 0.2) is 0 Å². The lowest BCUT2D eigenvalue weighted by Crippen LogP contribution is -2.32. The predicted octanol–water partition coefficient (Wildman–Crippen LogP) is 3.28. The van der Waals surface area contributed by atoms with Crippen molar-refractivity contribution in [1.29, 1.82) is 0 Å². The van der Waals surface area contributed by atoms with Gasteiger partial charge in [0, 0.05) is 32.0 Å². The van der Waals surface area contributed by atoms with E-state index in [0.717, 1.165) is 57.3 Å². The summed E-state index contributed by atoms with van der Waals surface area (Å²) in [6.07, 6.45) is 8.23. The van der Waals surface area contributed by atoms with Gasteiger partial charge in [-0.3, -0.25) is 10.1 Å². The van der Waals surface area contributed by atoms with Gasteiger partial charge >= 0.3 is 6.09 Å². The second-order valence-corrected chi connectivity index (χ2v) is 6.86. The third kappa shape index (κ3) is 5.84. The molecule has 7 heteroatoms. The Morgan fingerprint density at radius 2 is 2.04 bits per heavy atom. The Morgan fingerprint density at radius 3 is 2.78 bits per heavy atom. The Labute approximate surface area is 159 Å². The second kappa shape index (κ2) is 9.75. The molecule has 0 atom stereocenters. The Hall–Kier alpha value is -2.83. The maximum Gasteiger partial charge on any atom is 0.414 e. The molecule has 1 aliphatic rings. The lowest BCUT2D eigenvalue weighted by Gasteiger charge is -2.29. The lowest BCUT2D eigenvalue weighted by molar-refractivity contribution is -0.119. The van der Waals surface area contributed by atoms with Crippen molar-refractivity contribution < 1.29 is 14.3 Å². The molecule has 0 radical (unpaired) electrons. The summed E-state index contributed by atoms with van der Waals surface area (Å²) in [6.45, 7) is 2.74. The van der Waals surface area contributed by atoms with E-state index in [-0.39, 0.29) is 6.61 Å². The Bertz CT molecular complexity index is 724. The van der Waals surface area contributed by atoms with E-state index in [4.69, 9.17) is 4.74 Å². The molecule has 1 aromatic heterocycles. The van der Waals surface area contributed by atoms with Crippen LogP contribution in [0.2, 0.25) is 0 Å². The largest absolute Gasteiger partial charge is 0.444 e. The fourth-order valence-electron chi connectivity index (χ4n) is 3.36. The SMILES string of the molecule is O=CN1CCC(CCCn2ccnc2NC(=O)OCc2ccccc2)CC1. The number of carbonyl (C=O) groups excluding carboxylic acids is 2. The van der Waals surface area contributed by atoms with Crippen molar-refractivity contribution >= 4 is 18.5 Å². The molecule has 0 unspecified atom stereocenters. The number of aryl methyl sites for hydroxylation is 1. The highest BCUT2D eigenvalue weighted by atomic mass is 16.5. The smallest absolute Gasteiger partial charge is 0.414 e. The zero-order valence-corrected chi connectivity index (χ0v) is 15.4. The van der Waals surface area contributed by atoms with Gasteiger partial charge < -0.3 is 14.2 Å². The number of rotatable bonds is 8. The number of likely N-dealkylation sites (tertiary alicyclic amines) is 1. The molecule has 0 spiro atoms. The molecule has 27 heavy (non-hydrogen) atoms. The number of carbonyl (C=O) groups is 2. The van der Waals surface area contributed by atoms with E-state index in [1.54, 1.807) is 6.20 Å². The maximum atomic E-state index is 12.0. The number of nitrogens with zero attached hydrogens (tertiary/aromatic N) is 3. The molecule has 0 aliphatic carbocycles. The molecule has 144 valence electrons. The van der Waals surface area contributed by atoms with Gasteiger partial charge in [-0.15, -0.1) is 0 Å². The molecule has 2 amide bonds. The van der Waals surface area contributed by atoms with E-state index in [0.29, 0.717) is 11.9 Å². The number of nitrogens with one attached hydrogen (secondary N) is 1. The van der Waals surface area contributed by atoms with Crippen LogP contribution in [0.3, 0.4) is 0 Å². The van der Waals surface area contributed by atoms with Crippen molar-refractivity contribution in [2.24, 2.45) is 5.92 Å². The minimum atomic E-state index is -0.507. The summed E-state index contributed by atoms with van der Waals surface area (Å²) in [5.74, 6) is 1.17. The van der Waals surface area contributed by atoms with Crippen LogP contribution in [0.15, 0.2) is 42.7 Å². The third-order valence-electron chi connectivity index (χ3n) is 4.95. The van der Waals surface area contributed by atoms with Crippen molar-refractivity contribution in [2.75, 3.05) is 18.4 Å². The predicted molar refractivity (Wildman–Crippen MR) is 102 cm³/mol. The second-order valence-electron chi connectivity index (χ2n) is 6.86. The molecule has 2 heterocycles. The summed E-state index contributed by atoms with van der Waals surface area (Å²) in [5, 5.41) is 2.71. The summed E-state index contributed by atoms with van der Waals surface area (Å²) < 4.78 is 7.18. The standard InChI is InChI=1S/C20H26N4O3/c25-16-23-12-8-17(9-13-23)7-4-11-24-14-10-21-19(24)22-20(26)27-15-18-5-2-1-3-6-18/h1-3,5-6,10,14,16-17H,4,7-9,11-13,15H2,(H,21,22,26). The first-order valence-corrected chi connectivity index (χ1v) is 9.43. The number of benzene rings is 1. The van der Waals surface area contributed by atoms with Crippen molar-refractivity contribution in [2.45, 2.75) is 38.8 Å². The van der Waals surface area contributed by atoms with Gasteiger partial charge in [-0.1, -0.05) is 30.3 Å². The maximum absolute atomic E-state index is 12.0. The minimum Gasteiger partial charge on any atom is -0.444 e. The van der Waals surface area contributed by atoms with Crippen LogP contribution in [0.5, 0.6) is 0 Å². The first-order chi connectivity index (χ1) is 13.2. The summed E-state index contributed by atoms with van der Waals surface area (Å²) in [4.78, 5) is 28.8. The molecule has 3 rings (SSSR count). The van der Waals surface area contributed by atoms with Crippen LogP contribution in [-0.2, 0) is 22.7 Å². The zero-order chi connectivity index (χ0) is 18.9. The molecule has 1 aromatic carbocycles. The number of ether oxygens (including phenoxy) is 1. The van der Waals surface area contributed by atoms with Crippen LogP contribution in [0.25, 0.3) is 0 Å². The van der Waals surface area contributed by atoms with E-state index >= 15 is 0 Å². The van der Waals surface area contributed by atoms with Crippen LogP contribution in [0.4, 0.5) is 10.7 Å². The normalized spacial score (nSPS) is 14.7. The van der Waals surface area contributed by atoms with Gasteiger partial charge in [0.25, 0.3) is 0 Å². The van der Waals surface area contributed by atoms with Gasteiger partial charge in [0.1, 0.15) is 6.61 Å². The van der Waals surface area contributed by atoms with Crippen LogP contribution in [0, 0.1) is 5.92 Å². The summed E-state index contributed by atoms with van der Waals surface area (Å²) >= 11 is 0. The minimum absolute atomic E-state index is 0.229. The van der Waals surface area contributed by atoms with E-state index < -0.39 is 6.09 Å². The average Bonchev–Trinajstić information content (AvgIpc) is 3.14. The Morgan fingerprint density at radius 1 is 1.26 bits per heavy atom. The topological polar surface area (TPSA) is 76.5 Å². The fourth-order valence-corrected chi connectivity index (χ4v) is 3.36. The molecular weight excluding hydrogens is 344 g/mol. The quantitative estimate of drug-likeness (QED) is 0.724. The van der Waals surface area contributed by atoms with Gasteiger partial charge in [-0.2, -0.15) is 0 Å². The monoisotopic (exact) mass is 370 g/mol. The van der Waals surface area contributed by atoms with E-state index in [9.17, 15) is 9.59 Å². The fraction of sp³-hybridized carbons (Fsp3) is 0.450. The first-order valence-electron chi connectivity index (χ1n) is 9.43. The molecule has 1 fully saturated rings. The van der Waals surface area contributed by atoms with Gasteiger partial charge in [0.05, 0.1) is 0 Å². The van der Waals surface area contributed by atoms with Gasteiger partial charge in [-0.25, -0.2) is 9.78 Å². The molecular formula is C20H26N4O3. The number of piperidine rings is 1. The number of hydrogen-bond donors (Lipinski definition) is 1. The number of imidazole rings is 1. The molecule has 1 aliphatic heterocycles. The molecule has 0 saturated carbocycles. The molecule has 1 N–H and O–H groups in total. The zero-order valence-electron chi connectivity index (χ0n) is 15.4. The molecule has 7 nitrogen and oxygen atoms in total. The van der Waals surface area contributed by atoms with Crippen LogP contribution in [-0.4, -0.2) is 40.0 Å². The van der Waals surface area contributed by atoms with Crippen LogP contribution >= 0.6 is 0 Å². The number of aromatic nitrogens is 2. The van der Waals surface area contributed by atoms with Gasteiger partial charge in [0.2, 0.25) is 12.4 Å². The third-order valence-corrected chi connectivity index (χ3v) is 4.95. The Balaban J connectivity index is 1.39. The van der Waals surface area contributed by atoms with E-state index in [1.807, 2.05) is 46.0 Å². The lowest BCUT2D eigenvalue weighted by atomic mass is 9.92. The van der Waals surface area contributed by atoms with Crippen molar-refractivity contribution in [3.05, 3.63) is 48.3 Å². The summed E-state index contributed by atoms with van der Waals surface area (Å²) in [6, 6.07) is 9.56. The van der Waals surface area contributed by atoms with Crippen LogP contribution < -0.4 is 5.32 Å². The molecule has 1 saturated heterocycles. The first kappa shape index (κ1) is 18.9. The number of anilines is 1. The Kier molecular flexibility index (Phi) is 6.84. The molecule has 0 bridgehead atoms. The van der Waals surface area contributed by atoms with E-state index in [1.165, 1.54) is 0 Å². The number of amides is 2. The highest BCUT2D eigenvalue weighted by molar-refractivity contribution is 5.82. The van der Waals surface area contributed by atoms with Crippen molar-refractivity contribution in [3.8, 4) is 0 Å².